The largest absolute Gasteiger partial charge is 0.344 e. The molecule has 0 amide bonds. The van der Waals surface area contributed by atoms with Gasteiger partial charge in [0.25, 0.3) is 0 Å². The standard InChI is InChI=1S/C49H32N4S/c1-3-15-31(16-4-1)47-50-48(32-17-5-2-6-18-32)52-49(51-47)33-27-29-34(30-28-33)53-41-25-13-11-24-40(41)43-38-22-9-10-23-39(38)44-37-21-8-7-19-35(37)36-20-12-14-26-42(36)54-46(44)45(43)53/h1-30,47H,(H,50,51,52). The fourth-order valence-corrected chi connectivity index (χ4v) is 9.50. The number of hydrogen-bond donors (Lipinski definition) is 1. The zero-order valence-electron chi connectivity index (χ0n) is 29.1. The maximum absolute atomic E-state index is 5.08. The highest BCUT2D eigenvalue weighted by Gasteiger charge is 2.28. The number of benzene rings is 8. The van der Waals surface area contributed by atoms with Crippen LogP contribution in [0.15, 0.2) is 202 Å². The van der Waals surface area contributed by atoms with Crippen LogP contribution in [-0.2, 0) is 0 Å². The minimum Gasteiger partial charge on any atom is -0.344 e. The van der Waals surface area contributed by atoms with Crippen LogP contribution in [0.3, 0.4) is 0 Å². The number of aliphatic imine (C=N–C) groups is 2. The van der Waals surface area contributed by atoms with Gasteiger partial charge in [0.05, 0.1) is 11.0 Å². The second kappa shape index (κ2) is 12.5. The van der Waals surface area contributed by atoms with Gasteiger partial charge in [0.2, 0.25) is 0 Å². The Hall–Kier alpha value is -6.69. The highest BCUT2D eigenvalue weighted by atomic mass is 32.2. The van der Waals surface area contributed by atoms with E-state index in [1.54, 1.807) is 0 Å². The minimum atomic E-state index is -0.252. The van der Waals surface area contributed by atoms with Crippen molar-refractivity contribution in [3.05, 3.63) is 199 Å². The van der Waals surface area contributed by atoms with Crippen molar-refractivity contribution in [2.24, 2.45) is 9.98 Å². The van der Waals surface area contributed by atoms with Gasteiger partial charge in [0.15, 0.2) is 5.84 Å². The fraction of sp³-hybridized carbons (Fsp3) is 0.0204. The summed E-state index contributed by atoms with van der Waals surface area (Å²) in [6.45, 7) is 0. The lowest BCUT2D eigenvalue weighted by Crippen LogP contribution is -2.33. The van der Waals surface area contributed by atoms with E-state index in [4.69, 9.17) is 9.98 Å². The molecule has 2 aliphatic rings. The molecule has 1 unspecified atom stereocenters. The van der Waals surface area contributed by atoms with Crippen LogP contribution in [0.2, 0.25) is 0 Å². The Balaban J connectivity index is 1.13. The molecule has 1 atom stereocenters. The summed E-state index contributed by atoms with van der Waals surface area (Å²) in [4.78, 5) is 12.7. The summed E-state index contributed by atoms with van der Waals surface area (Å²) in [5.41, 5.74) is 11.7. The number of aromatic nitrogens is 1. The van der Waals surface area contributed by atoms with Gasteiger partial charge >= 0.3 is 0 Å². The van der Waals surface area contributed by atoms with Crippen LogP contribution in [0.4, 0.5) is 0 Å². The smallest absolute Gasteiger partial charge is 0.159 e. The molecule has 9 aromatic rings. The molecule has 254 valence electrons. The molecule has 0 bridgehead atoms. The summed E-state index contributed by atoms with van der Waals surface area (Å²) >= 11 is 1.89. The first kappa shape index (κ1) is 30.9. The van der Waals surface area contributed by atoms with Crippen LogP contribution in [0.5, 0.6) is 0 Å². The van der Waals surface area contributed by atoms with Gasteiger partial charge in [0.1, 0.15) is 12.0 Å². The van der Waals surface area contributed by atoms with Crippen molar-refractivity contribution in [2.75, 3.05) is 0 Å². The lowest BCUT2D eigenvalue weighted by atomic mass is 9.90. The summed E-state index contributed by atoms with van der Waals surface area (Å²) < 4.78 is 2.48. The number of para-hydroxylation sites is 1. The van der Waals surface area contributed by atoms with Crippen LogP contribution in [-0.4, -0.2) is 16.2 Å². The number of fused-ring (bicyclic) bond motifs is 12. The van der Waals surface area contributed by atoms with Crippen molar-refractivity contribution < 1.29 is 0 Å². The molecule has 2 aliphatic heterocycles. The lowest BCUT2D eigenvalue weighted by Gasteiger charge is -2.24. The topological polar surface area (TPSA) is 41.7 Å². The van der Waals surface area contributed by atoms with Gasteiger partial charge in [-0.3, -0.25) is 0 Å². The third-order valence-corrected chi connectivity index (χ3v) is 11.8. The maximum Gasteiger partial charge on any atom is 0.159 e. The third-order valence-electron chi connectivity index (χ3n) is 10.7. The molecule has 4 nitrogen and oxygen atoms in total. The highest BCUT2D eigenvalue weighted by Crippen LogP contribution is 2.55. The number of hydrogen-bond acceptors (Lipinski definition) is 4. The number of nitrogens with zero attached hydrogens (tertiary/aromatic N) is 3. The van der Waals surface area contributed by atoms with Crippen molar-refractivity contribution in [2.45, 2.75) is 16.0 Å². The minimum absolute atomic E-state index is 0.252. The van der Waals surface area contributed by atoms with E-state index in [9.17, 15) is 0 Å². The van der Waals surface area contributed by atoms with Gasteiger partial charge < -0.3 is 9.88 Å². The molecule has 1 aromatic heterocycles. The molecule has 3 heterocycles. The van der Waals surface area contributed by atoms with Crippen LogP contribution >= 0.6 is 11.8 Å². The molecule has 0 spiro atoms. The van der Waals surface area contributed by atoms with E-state index >= 15 is 0 Å². The van der Waals surface area contributed by atoms with Gasteiger partial charge in [-0.15, -0.1) is 0 Å². The molecular formula is C49H32N4S. The summed E-state index contributed by atoms with van der Waals surface area (Å²) in [5.74, 6) is 1.52. The van der Waals surface area contributed by atoms with Crippen molar-refractivity contribution in [3.8, 4) is 27.9 Å². The zero-order chi connectivity index (χ0) is 35.6. The van der Waals surface area contributed by atoms with Crippen molar-refractivity contribution >= 4 is 56.0 Å². The molecule has 0 radical (unpaired) electrons. The predicted molar refractivity (Wildman–Crippen MR) is 225 cm³/mol. The van der Waals surface area contributed by atoms with Gasteiger partial charge in [0, 0.05) is 42.9 Å². The van der Waals surface area contributed by atoms with Gasteiger partial charge in [-0.2, -0.15) is 0 Å². The first-order chi connectivity index (χ1) is 26.8. The normalized spacial score (nSPS) is 14.8. The van der Waals surface area contributed by atoms with E-state index < -0.39 is 0 Å². The number of rotatable bonds is 4. The second-order valence-electron chi connectivity index (χ2n) is 13.8. The molecule has 0 saturated heterocycles. The second-order valence-corrected chi connectivity index (χ2v) is 14.8. The zero-order valence-corrected chi connectivity index (χ0v) is 30.0. The molecule has 8 aromatic carbocycles. The summed E-state index contributed by atoms with van der Waals surface area (Å²) in [6, 6.07) is 65.0. The van der Waals surface area contributed by atoms with Gasteiger partial charge in [-0.05, 0) is 69.4 Å². The van der Waals surface area contributed by atoms with E-state index in [2.05, 4.69) is 168 Å². The van der Waals surface area contributed by atoms with E-state index in [0.717, 1.165) is 34.0 Å². The molecule has 5 heteroatoms. The number of nitrogens with one attached hydrogen (secondary N) is 1. The maximum atomic E-state index is 5.08. The summed E-state index contributed by atoms with van der Waals surface area (Å²) in [7, 11) is 0. The molecule has 11 rings (SSSR count). The molecule has 0 saturated carbocycles. The first-order valence-corrected chi connectivity index (χ1v) is 19.1. The van der Waals surface area contributed by atoms with Crippen molar-refractivity contribution in [1.82, 2.24) is 9.88 Å². The van der Waals surface area contributed by atoms with Crippen molar-refractivity contribution in [3.63, 3.8) is 0 Å². The molecule has 1 N–H and O–H groups in total. The first-order valence-electron chi connectivity index (χ1n) is 18.3. The molecule has 0 fully saturated rings. The quantitative estimate of drug-likeness (QED) is 0.198. The van der Waals surface area contributed by atoms with Crippen LogP contribution in [0, 0.1) is 0 Å². The van der Waals surface area contributed by atoms with E-state index in [0.29, 0.717) is 0 Å². The SMILES string of the molecule is c1ccc(C2=NC(c3ccccc3)NC(c3ccc(-n4c5ccccc5c5c6ccccc6c6c(c54)Sc4ccccc4-c4ccccc4-6)cc3)=N2)cc1. The third kappa shape index (κ3) is 4.86. The average Bonchev–Trinajstić information content (AvgIpc) is 3.52. The van der Waals surface area contributed by atoms with Crippen molar-refractivity contribution in [1.29, 1.82) is 0 Å². The Labute approximate surface area is 317 Å². The fourth-order valence-electron chi connectivity index (χ4n) is 8.23. The van der Waals surface area contributed by atoms with E-state index in [1.807, 2.05) is 36.0 Å². The predicted octanol–water partition coefficient (Wildman–Crippen LogP) is 12.2. The lowest BCUT2D eigenvalue weighted by molar-refractivity contribution is 0.674. The van der Waals surface area contributed by atoms with Gasteiger partial charge in [-0.1, -0.05) is 157 Å². The molecule has 0 aliphatic carbocycles. The Morgan fingerprint density at radius 3 is 1.94 bits per heavy atom. The Morgan fingerprint density at radius 2 is 1.15 bits per heavy atom. The highest BCUT2D eigenvalue weighted by molar-refractivity contribution is 8.00. The Bertz CT molecular complexity index is 2980. The number of amidine groups is 2. The Kier molecular flexibility index (Phi) is 7.13. The molecular weight excluding hydrogens is 677 g/mol. The summed E-state index contributed by atoms with van der Waals surface area (Å²) in [5, 5.41) is 8.70. The molecule has 54 heavy (non-hydrogen) atoms. The van der Waals surface area contributed by atoms with Crippen LogP contribution in [0.25, 0.3) is 60.5 Å². The summed E-state index contributed by atoms with van der Waals surface area (Å²) in [6.07, 6.45) is -0.252. The monoisotopic (exact) mass is 708 g/mol. The van der Waals surface area contributed by atoms with E-state index in [1.165, 1.54) is 64.6 Å². The van der Waals surface area contributed by atoms with E-state index in [-0.39, 0.29) is 6.17 Å². The average molecular weight is 709 g/mol. The Morgan fingerprint density at radius 1 is 0.519 bits per heavy atom. The van der Waals surface area contributed by atoms with Crippen LogP contribution in [0.1, 0.15) is 22.9 Å². The van der Waals surface area contributed by atoms with Gasteiger partial charge in [-0.25, -0.2) is 9.98 Å². The van der Waals surface area contributed by atoms with Crippen LogP contribution < -0.4 is 5.32 Å².